The Hall–Kier alpha value is -6.95. The molecular weight excluding hydrogens is 727 g/mol. The average molecular weight is 762 g/mol. The Morgan fingerprint density at radius 3 is 2.22 bits per heavy atom. The Morgan fingerprint density at radius 1 is 0.534 bits per heavy atom. The second-order valence-electron chi connectivity index (χ2n) is 15.4. The lowest BCUT2D eigenvalue weighted by atomic mass is 9.84. The van der Waals surface area contributed by atoms with Gasteiger partial charge in [-0.15, -0.1) is 11.3 Å². The molecule has 58 heavy (non-hydrogen) atoms. The van der Waals surface area contributed by atoms with E-state index in [1.165, 1.54) is 42.4 Å². The number of hydrogen-bond donors (Lipinski definition) is 0. The number of nitrogens with zero attached hydrogens (tertiary/aromatic N) is 3. The van der Waals surface area contributed by atoms with E-state index < -0.39 is 0 Å². The van der Waals surface area contributed by atoms with Crippen LogP contribution in [0.5, 0.6) is 0 Å². The van der Waals surface area contributed by atoms with Crippen LogP contribution in [0.25, 0.3) is 93.2 Å². The lowest BCUT2D eigenvalue weighted by Crippen LogP contribution is -2.10. The van der Waals surface area contributed by atoms with E-state index in [0.717, 1.165) is 74.6 Å². The fourth-order valence-corrected chi connectivity index (χ4v) is 10.3. The minimum absolute atomic E-state index is 0.291. The van der Waals surface area contributed by atoms with E-state index in [-0.39, 0.29) is 0 Å². The van der Waals surface area contributed by atoms with Gasteiger partial charge in [0.15, 0.2) is 17.5 Å². The van der Waals surface area contributed by atoms with E-state index in [9.17, 15) is 0 Å². The summed E-state index contributed by atoms with van der Waals surface area (Å²) in [5.74, 6) is 2.33. The van der Waals surface area contributed by atoms with E-state index >= 15 is 0 Å². The molecule has 0 spiro atoms. The van der Waals surface area contributed by atoms with Crippen LogP contribution >= 0.6 is 11.3 Å². The van der Waals surface area contributed by atoms with Gasteiger partial charge in [-0.2, -0.15) is 0 Å². The molecule has 274 valence electrons. The van der Waals surface area contributed by atoms with Crippen LogP contribution in [-0.2, 0) is 6.42 Å². The van der Waals surface area contributed by atoms with Gasteiger partial charge in [0.25, 0.3) is 0 Å². The third-order valence-electron chi connectivity index (χ3n) is 12.0. The molecule has 0 N–H and O–H groups in total. The summed E-state index contributed by atoms with van der Waals surface area (Å²) in [6.07, 6.45) is 18.3. The Bertz CT molecular complexity index is 3330. The van der Waals surface area contributed by atoms with Crippen LogP contribution in [-0.4, -0.2) is 15.0 Å². The first-order valence-electron chi connectivity index (χ1n) is 20.0. The predicted molar refractivity (Wildman–Crippen MR) is 241 cm³/mol. The molecule has 1 atom stereocenters. The molecule has 3 heterocycles. The van der Waals surface area contributed by atoms with Crippen molar-refractivity contribution in [2.75, 3.05) is 0 Å². The number of hydrogen-bond acceptors (Lipinski definition) is 5. The van der Waals surface area contributed by atoms with Gasteiger partial charge in [0.05, 0.1) is 0 Å². The monoisotopic (exact) mass is 761 g/mol. The number of rotatable bonds is 5. The van der Waals surface area contributed by atoms with Gasteiger partial charge in [-0.25, -0.2) is 15.0 Å². The highest BCUT2D eigenvalue weighted by Crippen LogP contribution is 2.46. The van der Waals surface area contributed by atoms with E-state index in [2.05, 4.69) is 170 Å². The first-order valence-corrected chi connectivity index (χ1v) is 20.8. The smallest absolute Gasteiger partial charge is 0.164 e. The maximum absolute atomic E-state index is 6.82. The summed E-state index contributed by atoms with van der Waals surface area (Å²) in [4.78, 5) is 16.1. The zero-order valence-electron chi connectivity index (χ0n) is 31.5. The zero-order chi connectivity index (χ0) is 38.2. The number of thiophene rings is 1. The summed E-state index contributed by atoms with van der Waals surface area (Å²) >= 11 is 1.81. The molecule has 12 rings (SSSR count). The molecule has 0 saturated heterocycles. The van der Waals surface area contributed by atoms with Gasteiger partial charge < -0.3 is 4.42 Å². The van der Waals surface area contributed by atoms with Crippen LogP contribution in [0.15, 0.2) is 174 Å². The second-order valence-corrected chi connectivity index (χ2v) is 16.5. The number of benzene rings is 6. The average Bonchev–Trinajstić information content (AvgIpc) is 3.88. The first-order chi connectivity index (χ1) is 28.7. The van der Waals surface area contributed by atoms with E-state index in [1.807, 2.05) is 11.3 Å². The van der Waals surface area contributed by atoms with Crippen molar-refractivity contribution < 1.29 is 4.42 Å². The van der Waals surface area contributed by atoms with Crippen LogP contribution in [0.2, 0.25) is 0 Å². The number of para-hydroxylation sites is 1. The number of aromatic nitrogens is 3. The lowest BCUT2D eigenvalue weighted by Gasteiger charge is -2.22. The molecule has 5 heteroatoms. The zero-order valence-corrected chi connectivity index (χ0v) is 32.3. The van der Waals surface area contributed by atoms with Crippen molar-refractivity contribution in [2.24, 2.45) is 5.92 Å². The minimum Gasteiger partial charge on any atom is -0.455 e. The molecule has 3 aliphatic carbocycles. The van der Waals surface area contributed by atoms with Crippen molar-refractivity contribution in [2.45, 2.75) is 19.3 Å². The topological polar surface area (TPSA) is 51.8 Å². The van der Waals surface area contributed by atoms with Crippen molar-refractivity contribution in [3.8, 4) is 33.9 Å². The standard InChI is InChI=1S/C53H35N3OS/c1-3-14-34-30-36(26-24-32(34)12-1)38-28-29-40(49-42-18-7-9-21-45(42)57-50(38)49)39-16-5-6-17-41(39)52-54-51(37-27-25-33-13-2-4-15-35(33)31-37)55-53(56-52)44-20-11-23-47-48(44)43-19-8-10-22-46(43)58-47/h1-23,25,27-30,35H,24,26,31H2. The molecule has 0 bridgehead atoms. The molecule has 4 nitrogen and oxygen atoms in total. The molecule has 3 aliphatic rings. The highest BCUT2D eigenvalue weighted by molar-refractivity contribution is 7.25. The Morgan fingerprint density at radius 2 is 1.28 bits per heavy atom. The van der Waals surface area contributed by atoms with Crippen LogP contribution in [0.1, 0.15) is 35.4 Å². The quantitative estimate of drug-likeness (QED) is 0.175. The molecule has 6 aromatic carbocycles. The van der Waals surface area contributed by atoms with Crippen LogP contribution in [0.4, 0.5) is 0 Å². The number of fused-ring (bicyclic) bond motifs is 8. The van der Waals surface area contributed by atoms with E-state index in [0.29, 0.717) is 23.4 Å². The summed E-state index contributed by atoms with van der Waals surface area (Å²) in [6.45, 7) is 0. The van der Waals surface area contributed by atoms with Crippen LogP contribution in [0.3, 0.4) is 0 Å². The van der Waals surface area contributed by atoms with Gasteiger partial charge in [-0.3, -0.25) is 0 Å². The second kappa shape index (κ2) is 13.3. The van der Waals surface area contributed by atoms with Gasteiger partial charge in [-0.05, 0) is 76.4 Å². The number of allylic oxidation sites excluding steroid dienone is 9. The Kier molecular flexibility index (Phi) is 7.63. The SMILES string of the molecule is C1=CC2=CC=C(c3nc(-c4ccccc4-c4ccc(C5=Cc6ccccc6CC5)c5oc6ccccc6c45)nc(-c4cccc5sc6ccccc6c45)n3)CC2C=C1. The predicted octanol–water partition coefficient (Wildman–Crippen LogP) is 14.1. The highest BCUT2D eigenvalue weighted by Gasteiger charge is 2.25. The maximum Gasteiger partial charge on any atom is 0.164 e. The van der Waals surface area contributed by atoms with Crippen molar-refractivity contribution >= 4 is 70.7 Å². The normalized spacial score (nSPS) is 16.1. The Labute approximate surface area is 339 Å². The molecule has 3 aromatic heterocycles. The van der Waals surface area contributed by atoms with E-state index in [1.54, 1.807) is 0 Å². The summed E-state index contributed by atoms with van der Waals surface area (Å²) in [6, 6.07) is 45.3. The number of furan rings is 1. The van der Waals surface area contributed by atoms with Gasteiger partial charge in [0.2, 0.25) is 0 Å². The van der Waals surface area contributed by atoms with Gasteiger partial charge in [0.1, 0.15) is 11.2 Å². The van der Waals surface area contributed by atoms with Crippen LogP contribution in [0, 0.1) is 5.92 Å². The summed E-state index contributed by atoms with van der Waals surface area (Å²) < 4.78 is 9.29. The minimum atomic E-state index is 0.291. The third-order valence-corrected chi connectivity index (χ3v) is 13.2. The Balaban J connectivity index is 1.08. The molecule has 0 radical (unpaired) electrons. The fraction of sp³-hybridized carbons (Fsp3) is 0.0755. The number of aryl methyl sites for hydroxylation is 1. The molecule has 0 saturated carbocycles. The van der Waals surface area contributed by atoms with Crippen molar-refractivity contribution in [1.82, 2.24) is 15.0 Å². The fourth-order valence-electron chi connectivity index (χ4n) is 9.22. The van der Waals surface area contributed by atoms with E-state index in [4.69, 9.17) is 19.4 Å². The summed E-state index contributed by atoms with van der Waals surface area (Å²) in [5.41, 5.74) is 13.4. The third kappa shape index (κ3) is 5.38. The van der Waals surface area contributed by atoms with Crippen molar-refractivity contribution in [3.63, 3.8) is 0 Å². The molecule has 0 amide bonds. The lowest BCUT2D eigenvalue weighted by molar-refractivity contribution is 0.667. The molecular formula is C53H35N3OS. The first kappa shape index (κ1) is 33.2. The summed E-state index contributed by atoms with van der Waals surface area (Å²) in [7, 11) is 0. The summed E-state index contributed by atoms with van der Waals surface area (Å²) in [5, 5.41) is 4.60. The van der Waals surface area contributed by atoms with Crippen LogP contribution < -0.4 is 0 Å². The van der Waals surface area contributed by atoms with Crippen molar-refractivity contribution in [1.29, 1.82) is 0 Å². The highest BCUT2D eigenvalue weighted by atomic mass is 32.1. The van der Waals surface area contributed by atoms with Gasteiger partial charge >= 0.3 is 0 Å². The molecule has 0 fully saturated rings. The molecule has 9 aromatic rings. The molecule has 1 unspecified atom stereocenters. The van der Waals surface area contributed by atoms with Crippen molar-refractivity contribution in [3.05, 3.63) is 192 Å². The van der Waals surface area contributed by atoms with Gasteiger partial charge in [0, 0.05) is 53.6 Å². The maximum atomic E-state index is 6.82. The molecule has 0 aliphatic heterocycles. The van der Waals surface area contributed by atoms with Gasteiger partial charge in [-0.1, -0.05) is 152 Å². The largest absolute Gasteiger partial charge is 0.455 e.